The van der Waals surface area contributed by atoms with Crippen LogP contribution in [0.2, 0.25) is 0 Å². The van der Waals surface area contributed by atoms with Crippen LogP contribution in [0.5, 0.6) is 0 Å². The molecule has 5 nitrogen and oxygen atoms in total. The maximum atomic E-state index is 12.7. The average Bonchev–Trinajstić information content (AvgIpc) is 3.11. The van der Waals surface area contributed by atoms with Crippen LogP contribution in [0.3, 0.4) is 0 Å². The number of anilines is 1. The molecule has 5 heteroatoms. The van der Waals surface area contributed by atoms with Gasteiger partial charge in [0.15, 0.2) is 0 Å². The maximum absolute atomic E-state index is 12.7. The van der Waals surface area contributed by atoms with Gasteiger partial charge in [-0.1, -0.05) is 25.1 Å². The summed E-state index contributed by atoms with van der Waals surface area (Å²) in [6, 6.07) is 8.23. The van der Waals surface area contributed by atoms with Gasteiger partial charge in [0.1, 0.15) is 0 Å². The van der Waals surface area contributed by atoms with Gasteiger partial charge in [0.25, 0.3) is 0 Å². The third-order valence-corrected chi connectivity index (χ3v) is 5.08. The molecule has 0 aliphatic carbocycles. The lowest BCUT2D eigenvalue weighted by Gasteiger charge is -2.29. The lowest BCUT2D eigenvalue weighted by Crippen LogP contribution is -2.42. The molecule has 0 bridgehead atoms. The molecule has 1 saturated heterocycles. The van der Waals surface area contributed by atoms with Crippen molar-refractivity contribution in [1.29, 1.82) is 0 Å². The second-order valence-electron chi connectivity index (χ2n) is 6.82. The van der Waals surface area contributed by atoms with E-state index >= 15 is 0 Å². The van der Waals surface area contributed by atoms with Gasteiger partial charge in [-0.15, -0.1) is 0 Å². The van der Waals surface area contributed by atoms with Crippen LogP contribution in [0.4, 0.5) is 5.69 Å². The highest BCUT2D eigenvalue weighted by atomic mass is 16.2. The maximum Gasteiger partial charge on any atom is 0.227 e. The minimum atomic E-state index is -0.103. The van der Waals surface area contributed by atoms with E-state index in [-0.39, 0.29) is 17.7 Å². The van der Waals surface area contributed by atoms with Gasteiger partial charge in [0.05, 0.1) is 0 Å². The number of carbonyl (C=O) groups excluding carboxylic acids is 2. The highest BCUT2D eigenvalue weighted by molar-refractivity contribution is 5.96. The van der Waals surface area contributed by atoms with Crippen molar-refractivity contribution in [2.45, 2.75) is 45.1 Å². The Morgan fingerprint density at radius 1 is 1.33 bits per heavy atom. The van der Waals surface area contributed by atoms with E-state index in [0.29, 0.717) is 18.9 Å². The largest absolute Gasteiger partial charge is 0.338 e. The van der Waals surface area contributed by atoms with Crippen molar-refractivity contribution >= 4 is 17.5 Å². The number of fused-ring (bicyclic) bond motifs is 1. The van der Waals surface area contributed by atoms with Crippen LogP contribution >= 0.6 is 0 Å². The van der Waals surface area contributed by atoms with Gasteiger partial charge in [-0.3, -0.25) is 9.59 Å². The Labute approximate surface area is 143 Å². The SMILES string of the molecule is CCCN(C(=O)CCC1Cc2ccccc2NC1=O)C1CCNC1. The molecule has 1 fully saturated rings. The van der Waals surface area contributed by atoms with E-state index in [1.165, 1.54) is 5.56 Å². The molecule has 2 aliphatic rings. The van der Waals surface area contributed by atoms with Crippen molar-refractivity contribution in [3.05, 3.63) is 29.8 Å². The summed E-state index contributed by atoms with van der Waals surface area (Å²) in [4.78, 5) is 27.0. The third kappa shape index (κ3) is 3.78. The molecule has 0 spiro atoms. The standard InChI is InChI=1S/C19H27N3O2/c1-2-11-22(16-9-10-20-13-16)18(23)8-7-15-12-14-5-3-4-6-17(14)21-19(15)24/h3-6,15-16,20H,2,7-13H2,1H3,(H,21,24). The second-order valence-corrected chi connectivity index (χ2v) is 6.82. The Bertz CT molecular complexity index is 596. The number of rotatable bonds is 6. The molecule has 24 heavy (non-hydrogen) atoms. The molecule has 130 valence electrons. The summed E-state index contributed by atoms with van der Waals surface area (Å²) in [7, 11) is 0. The molecular weight excluding hydrogens is 302 g/mol. The van der Waals surface area contributed by atoms with Crippen LogP contribution in [0, 0.1) is 5.92 Å². The normalized spacial score (nSPS) is 22.8. The fourth-order valence-corrected chi connectivity index (χ4v) is 3.74. The van der Waals surface area contributed by atoms with Crippen LogP contribution in [0.15, 0.2) is 24.3 Å². The van der Waals surface area contributed by atoms with Gasteiger partial charge in [-0.2, -0.15) is 0 Å². The monoisotopic (exact) mass is 329 g/mol. The summed E-state index contributed by atoms with van der Waals surface area (Å²) in [5.74, 6) is 0.136. The zero-order valence-electron chi connectivity index (χ0n) is 14.4. The van der Waals surface area contributed by atoms with E-state index in [9.17, 15) is 9.59 Å². The first-order chi connectivity index (χ1) is 11.7. The van der Waals surface area contributed by atoms with E-state index < -0.39 is 0 Å². The lowest BCUT2D eigenvalue weighted by molar-refractivity contribution is -0.133. The molecule has 1 aromatic carbocycles. The predicted octanol–water partition coefficient (Wildman–Crippen LogP) is 2.18. The van der Waals surface area contributed by atoms with Gasteiger partial charge in [0.2, 0.25) is 11.8 Å². The van der Waals surface area contributed by atoms with Gasteiger partial charge in [0, 0.05) is 37.2 Å². The molecule has 2 heterocycles. The first-order valence-corrected chi connectivity index (χ1v) is 9.08. The fraction of sp³-hybridized carbons (Fsp3) is 0.579. The smallest absolute Gasteiger partial charge is 0.227 e. The van der Waals surface area contributed by atoms with E-state index in [1.807, 2.05) is 23.1 Å². The summed E-state index contributed by atoms with van der Waals surface area (Å²) in [5, 5.41) is 6.30. The first-order valence-electron chi connectivity index (χ1n) is 9.08. The average molecular weight is 329 g/mol. The Kier molecular flexibility index (Phi) is 5.51. The Balaban J connectivity index is 1.58. The number of para-hydroxylation sites is 1. The van der Waals surface area contributed by atoms with E-state index in [1.54, 1.807) is 0 Å². The molecule has 2 amide bonds. The zero-order chi connectivity index (χ0) is 16.9. The molecule has 2 aliphatic heterocycles. The minimum Gasteiger partial charge on any atom is -0.338 e. The summed E-state index contributed by atoms with van der Waals surface area (Å²) < 4.78 is 0. The lowest BCUT2D eigenvalue weighted by atomic mass is 9.89. The van der Waals surface area contributed by atoms with Gasteiger partial charge >= 0.3 is 0 Å². The van der Waals surface area contributed by atoms with E-state index in [2.05, 4.69) is 23.6 Å². The number of hydrogen-bond donors (Lipinski definition) is 2. The molecule has 3 rings (SSSR count). The second kappa shape index (κ2) is 7.79. The number of benzene rings is 1. The van der Waals surface area contributed by atoms with E-state index in [0.717, 1.165) is 44.6 Å². The van der Waals surface area contributed by atoms with Gasteiger partial charge in [-0.05, 0) is 43.9 Å². The highest BCUT2D eigenvalue weighted by Crippen LogP contribution is 2.28. The highest BCUT2D eigenvalue weighted by Gasteiger charge is 2.29. The number of amides is 2. The molecule has 1 aromatic rings. The van der Waals surface area contributed by atoms with E-state index in [4.69, 9.17) is 0 Å². The Morgan fingerprint density at radius 2 is 2.17 bits per heavy atom. The molecule has 0 radical (unpaired) electrons. The third-order valence-electron chi connectivity index (χ3n) is 5.08. The quantitative estimate of drug-likeness (QED) is 0.841. The molecular formula is C19H27N3O2. The zero-order valence-corrected chi connectivity index (χ0v) is 14.4. The number of nitrogens with zero attached hydrogens (tertiary/aromatic N) is 1. The summed E-state index contributed by atoms with van der Waals surface area (Å²) >= 11 is 0. The van der Waals surface area contributed by atoms with Crippen LogP contribution in [-0.4, -0.2) is 42.4 Å². The predicted molar refractivity (Wildman–Crippen MR) is 94.8 cm³/mol. The molecule has 2 N–H and O–H groups in total. The van der Waals surface area contributed by atoms with Crippen molar-refractivity contribution < 1.29 is 9.59 Å². The summed E-state index contributed by atoms with van der Waals surface area (Å²) in [6.07, 6.45) is 3.81. The fourth-order valence-electron chi connectivity index (χ4n) is 3.74. The van der Waals surface area contributed by atoms with Crippen molar-refractivity contribution in [1.82, 2.24) is 10.2 Å². The molecule has 2 atom stereocenters. The van der Waals surface area contributed by atoms with Crippen LogP contribution in [-0.2, 0) is 16.0 Å². The van der Waals surface area contributed by atoms with Gasteiger partial charge in [-0.25, -0.2) is 0 Å². The first kappa shape index (κ1) is 17.0. The summed E-state index contributed by atoms with van der Waals surface area (Å²) in [5.41, 5.74) is 2.08. The van der Waals surface area contributed by atoms with Crippen LogP contribution in [0.1, 0.15) is 38.2 Å². The number of hydrogen-bond acceptors (Lipinski definition) is 3. The molecule has 0 aromatic heterocycles. The van der Waals surface area contributed by atoms with Crippen molar-refractivity contribution in [2.75, 3.05) is 25.0 Å². The number of nitrogens with one attached hydrogen (secondary N) is 2. The topological polar surface area (TPSA) is 61.4 Å². The van der Waals surface area contributed by atoms with Crippen LogP contribution < -0.4 is 10.6 Å². The van der Waals surface area contributed by atoms with Crippen molar-refractivity contribution in [2.24, 2.45) is 5.92 Å². The van der Waals surface area contributed by atoms with Crippen LogP contribution in [0.25, 0.3) is 0 Å². The minimum absolute atomic E-state index is 0.0473. The molecule has 2 unspecified atom stereocenters. The van der Waals surface area contributed by atoms with Crippen molar-refractivity contribution in [3.8, 4) is 0 Å². The Hall–Kier alpha value is -1.88. The number of carbonyl (C=O) groups is 2. The van der Waals surface area contributed by atoms with Crippen molar-refractivity contribution in [3.63, 3.8) is 0 Å². The molecule has 0 saturated carbocycles. The van der Waals surface area contributed by atoms with Gasteiger partial charge < -0.3 is 15.5 Å². The Morgan fingerprint density at radius 3 is 2.92 bits per heavy atom. The summed E-state index contributed by atoms with van der Waals surface area (Å²) in [6.45, 7) is 4.79.